The molecular formula is C11H11ClO2. The summed E-state index contributed by atoms with van der Waals surface area (Å²) in [6, 6.07) is 6.96. The van der Waals surface area contributed by atoms with E-state index >= 15 is 0 Å². The van der Waals surface area contributed by atoms with Crippen molar-refractivity contribution in [1.29, 1.82) is 0 Å². The van der Waals surface area contributed by atoms with Crippen LogP contribution in [0.2, 0.25) is 0 Å². The van der Waals surface area contributed by atoms with Gasteiger partial charge in [-0.2, -0.15) is 0 Å². The minimum Gasteiger partial charge on any atom is -0.497 e. The summed E-state index contributed by atoms with van der Waals surface area (Å²) < 4.78 is 4.98. The number of hydrogen-bond donors (Lipinski definition) is 1. The lowest BCUT2D eigenvalue weighted by Crippen LogP contribution is -2.09. The van der Waals surface area contributed by atoms with Crippen LogP contribution in [0, 0.1) is 12.3 Å². The van der Waals surface area contributed by atoms with E-state index in [0.29, 0.717) is 5.56 Å². The monoisotopic (exact) mass is 210 g/mol. The molecular weight excluding hydrogens is 200 g/mol. The van der Waals surface area contributed by atoms with Gasteiger partial charge in [-0.3, -0.25) is 0 Å². The summed E-state index contributed by atoms with van der Waals surface area (Å²) in [5.41, 5.74) is 0.684. The first-order valence-corrected chi connectivity index (χ1v) is 4.55. The second kappa shape index (κ2) is 4.90. The normalized spacial score (nSPS) is 14.1. The standard InChI is InChI=1S/C11H11ClO2/c1-3-10(12)11(13)8-4-6-9(14-2)7-5-8/h1,4-7,10-11,13H,2H3. The lowest BCUT2D eigenvalue weighted by molar-refractivity contribution is 0.187. The van der Waals surface area contributed by atoms with Gasteiger partial charge in [0.05, 0.1) is 7.11 Å². The molecule has 1 N–H and O–H groups in total. The highest BCUT2D eigenvalue weighted by atomic mass is 35.5. The molecule has 14 heavy (non-hydrogen) atoms. The molecule has 0 heterocycles. The maximum absolute atomic E-state index is 9.64. The maximum atomic E-state index is 9.64. The molecule has 0 aliphatic carbocycles. The summed E-state index contributed by atoms with van der Waals surface area (Å²) in [6.07, 6.45) is 4.26. The molecule has 1 aromatic carbocycles. The molecule has 0 saturated carbocycles. The SMILES string of the molecule is C#CC(Cl)C(O)c1ccc(OC)cc1. The molecule has 0 radical (unpaired) electrons. The fourth-order valence-electron chi connectivity index (χ4n) is 1.06. The highest BCUT2D eigenvalue weighted by Crippen LogP contribution is 2.22. The maximum Gasteiger partial charge on any atom is 0.124 e. The number of terminal acetylenes is 1. The largest absolute Gasteiger partial charge is 0.497 e. The van der Waals surface area contributed by atoms with Crippen LogP contribution in [0.3, 0.4) is 0 Å². The fourth-order valence-corrected chi connectivity index (χ4v) is 1.21. The lowest BCUT2D eigenvalue weighted by atomic mass is 10.1. The van der Waals surface area contributed by atoms with Crippen molar-refractivity contribution >= 4 is 11.6 Å². The van der Waals surface area contributed by atoms with E-state index in [0.717, 1.165) is 5.75 Å². The number of aliphatic hydroxyl groups is 1. The molecule has 0 aliphatic heterocycles. The number of methoxy groups -OCH3 is 1. The van der Waals surface area contributed by atoms with E-state index in [-0.39, 0.29) is 0 Å². The van der Waals surface area contributed by atoms with Crippen LogP contribution >= 0.6 is 11.6 Å². The first kappa shape index (κ1) is 10.9. The van der Waals surface area contributed by atoms with E-state index in [9.17, 15) is 5.11 Å². The van der Waals surface area contributed by atoms with Gasteiger partial charge in [-0.25, -0.2) is 0 Å². The lowest BCUT2D eigenvalue weighted by Gasteiger charge is -2.12. The van der Waals surface area contributed by atoms with Gasteiger partial charge in [0.1, 0.15) is 17.2 Å². The second-order valence-electron chi connectivity index (χ2n) is 2.79. The Bertz CT molecular complexity index is 326. The molecule has 74 valence electrons. The summed E-state index contributed by atoms with van der Waals surface area (Å²) in [4.78, 5) is 0. The third-order valence-electron chi connectivity index (χ3n) is 1.89. The first-order chi connectivity index (χ1) is 6.69. The van der Waals surface area contributed by atoms with Crippen molar-refractivity contribution in [2.75, 3.05) is 7.11 Å². The summed E-state index contributed by atoms with van der Waals surface area (Å²) in [5, 5.41) is 8.93. The van der Waals surface area contributed by atoms with E-state index in [2.05, 4.69) is 5.92 Å². The quantitative estimate of drug-likeness (QED) is 0.611. The van der Waals surface area contributed by atoms with Crippen LogP contribution in [-0.4, -0.2) is 17.6 Å². The third kappa shape index (κ3) is 2.41. The molecule has 0 spiro atoms. The van der Waals surface area contributed by atoms with Gasteiger partial charge < -0.3 is 9.84 Å². The number of alkyl halides is 1. The molecule has 0 bridgehead atoms. The van der Waals surface area contributed by atoms with Gasteiger partial charge in [0.2, 0.25) is 0 Å². The molecule has 1 aromatic rings. The van der Waals surface area contributed by atoms with Crippen molar-refractivity contribution in [3.05, 3.63) is 29.8 Å². The molecule has 2 atom stereocenters. The average molecular weight is 211 g/mol. The second-order valence-corrected chi connectivity index (χ2v) is 3.26. The van der Waals surface area contributed by atoms with Crippen molar-refractivity contribution in [3.63, 3.8) is 0 Å². The highest BCUT2D eigenvalue weighted by Gasteiger charge is 2.15. The average Bonchev–Trinajstić information content (AvgIpc) is 2.27. The third-order valence-corrected chi connectivity index (χ3v) is 2.26. The molecule has 0 aliphatic rings. The Balaban J connectivity index is 2.82. The van der Waals surface area contributed by atoms with E-state index < -0.39 is 11.5 Å². The summed E-state index contributed by atoms with van der Waals surface area (Å²) >= 11 is 5.71. The minimum absolute atomic E-state index is 0.684. The van der Waals surface area contributed by atoms with Crippen LogP contribution in [0.1, 0.15) is 11.7 Å². The predicted octanol–water partition coefficient (Wildman–Crippen LogP) is 1.97. The Hall–Kier alpha value is -1.17. The summed E-state index contributed by atoms with van der Waals surface area (Å²) in [6.45, 7) is 0. The number of benzene rings is 1. The Labute approximate surface area is 88.5 Å². The van der Waals surface area contributed by atoms with Gasteiger partial charge in [0.15, 0.2) is 0 Å². The number of rotatable bonds is 3. The Kier molecular flexibility index (Phi) is 3.82. The van der Waals surface area contributed by atoms with E-state index in [1.807, 2.05) is 0 Å². The topological polar surface area (TPSA) is 29.5 Å². The number of halogens is 1. The fraction of sp³-hybridized carbons (Fsp3) is 0.273. The van der Waals surface area contributed by atoms with Gasteiger partial charge in [-0.05, 0) is 17.7 Å². The molecule has 1 rings (SSSR count). The van der Waals surface area contributed by atoms with Gasteiger partial charge in [0, 0.05) is 0 Å². The Morgan fingerprint density at radius 3 is 2.43 bits per heavy atom. The van der Waals surface area contributed by atoms with Crippen molar-refractivity contribution in [1.82, 2.24) is 0 Å². The first-order valence-electron chi connectivity index (χ1n) is 4.11. The zero-order valence-corrected chi connectivity index (χ0v) is 8.53. The van der Waals surface area contributed by atoms with Crippen molar-refractivity contribution in [3.8, 4) is 18.1 Å². The van der Waals surface area contributed by atoms with Gasteiger partial charge >= 0.3 is 0 Å². The molecule has 0 saturated heterocycles. The minimum atomic E-state index is -0.840. The van der Waals surface area contributed by atoms with E-state index in [1.165, 1.54) is 0 Å². The van der Waals surface area contributed by atoms with Crippen LogP contribution in [-0.2, 0) is 0 Å². The predicted molar refractivity (Wildman–Crippen MR) is 56.4 cm³/mol. The molecule has 0 amide bonds. The zero-order chi connectivity index (χ0) is 10.6. The zero-order valence-electron chi connectivity index (χ0n) is 7.77. The van der Waals surface area contributed by atoms with Gasteiger partial charge in [-0.1, -0.05) is 18.1 Å². The van der Waals surface area contributed by atoms with E-state index in [4.69, 9.17) is 22.8 Å². The molecule has 0 aromatic heterocycles. The Morgan fingerprint density at radius 2 is 2.00 bits per heavy atom. The van der Waals surface area contributed by atoms with E-state index in [1.54, 1.807) is 31.4 Å². The number of ether oxygens (including phenoxy) is 1. The molecule has 2 nitrogen and oxygen atoms in total. The summed E-state index contributed by atoms with van der Waals surface area (Å²) in [7, 11) is 1.58. The molecule has 2 unspecified atom stereocenters. The van der Waals surface area contributed by atoms with Gasteiger partial charge in [0.25, 0.3) is 0 Å². The molecule has 0 fully saturated rings. The number of aliphatic hydroxyl groups excluding tert-OH is 1. The van der Waals surface area contributed by atoms with Crippen molar-refractivity contribution in [2.45, 2.75) is 11.5 Å². The van der Waals surface area contributed by atoms with Crippen LogP contribution < -0.4 is 4.74 Å². The van der Waals surface area contributed by atoms with Crippen LogP contribution in [0.5, 0.6) is 5.75 Å². The van der Waals surface area contributed by atoms with Crippen LogP contribution in [0.15, 0.2) is 24.3 Å². The highest BCUT2D eigenvalue weighted by molar-refractivity contribution is 6.22. The van der Waals surface area contributed by atoms with Crippen molar-refractivity contribution in [2.24, 2.45) is 0 Å². The van der Waals surface area contributed by atoms with Crippen LogP contribution in [0.25, 0.3) is 0 Å². The number of hydrogen-bond acceptors (Lipinski definition) is 2. The molecule has 3 heteroatoms. The summed E-state index contributed by atoms with van der Waals surface area (Å²) in [5.74, 6) is 3.01. The van der Waals surface area contributed by atoms with Crippen LogP contribution in [0.4, 0.5) is 0 Å². The smallest absolute Gasteiger partial charge is 0.124 e. The van der Waals surface area contributed by atoms with Gasteiger partial charge in [-0.15, -0.1) is 18.0 Å². The van der Waals surface area contributed by atoms with Crippen molar-refractivity contribution < 1.29 is 9.84 Å². The Morgan fingerprint density at radius 1 is 1.43 bits per heavy atom.